The highest BCUT2D eigenvalue weighted by molar-refractivity contribution is 8.04. The van der Waals surface area contributed by atoms with Gasteiger partial charge in [-0.05, 0) is 6.92 Å². The first-order valence-corrected chi connectivity index (χ1v) is 12.1. The third-order valence-electron chi connectivity index (χ3n) is 6.12. The normalized spacial score (nSPS) is 25.3. The Morgan fingerprint density at radius 3 is 2.66 bits per heavy atom. The summed E-state index contributed by atoms with van der Waals surface area (Å²) < 4.78 is 0.718. The van der Waals surface area contributed by atoms with Gasteiger partial charge in [0.25, 0.3) is 0 Å². The molecule has 8 nitrogen and oxygen atoms in total. The monoisotopic (exact) mass is 470 g/mol. The van der Waals surface area contributed by atoms with Gasteiger partial charge in [0.15, 0.2) is 4.34 Å². The van der Waals surface area contributed by atoms with E-state index in [1.807, 2.05) is 36.6 Å². The van der Waals surface area contributed by atoms with Crippen molar-refractivity contribution in [3.8, 4) is 11.3 Å². The van der Waals surface area contributed by atoms with Crippen LogP contribution in [0.4, 0.5) is 0 Å². The van der Waals surface area contributed by atoms with Gasteiger partial charge in [-0.1, -0.05) is 43.0 Å². The molecular formula is C22H22N4O4S2. The van der Waals surface area contributed by atoms with Crippen LogP contribution < -0.4 is 5.32 Å². The lowest BCUT2D eigenvalue weighted by Crippen LogP contribution is -2.63. The van der Waals surface area contributed by atoms with E-state index in [1.54, 1.807) is 6.92 Å². The van der Waals surface area contributed by atoms with E-state index in [0.717, 1.165) is 40.1 Å². The molecule has 0 spiro atoms. The first-order valence-electron chi connectivity index (χ1n) is 10.4. The number of fused-ring (bicyclic) bond motifs is 1. The molecule has 10 heteroatoms. The molecule has 1 saturated heterocycles. The third kappa shape index (κ3) is 3.33. The van der Waals surface area contributed by atoms with Crippen LogP contribution in [0, 0.1) is 11.8 Å². The van der Waals surface area contributed by atoms with Crippen molar-refractivity contribution >= 4 is 40.8 Å². The number of nitrogens with zero attached hydrogens (tertiary/aromatic N) is 3. The molecule has 1 fully saturated rings. The van der Waals surface area contributed by atoms with Crippen molar-refractivity contribution in [2.24, 2.45) is 16.8 Å². The zero-order valence-electron chi connectivity index (χ0n) is 17.5. The number of β-lactam (4-membered cyclic amide) rings is 1. The molecule has 3 N–H and O–H groups in total. The molecule has 0 radical (unpaired) electrons. The standard InChI is InChI=1S/C22H22N4O4S2/c1-10-16-15(11(2)27)20(28)26(16)17(21(29)30)18(10)32-22-25-14(9-31-22)12-3-5-13(6-4-12)19-23-7-8-24-19/h3-6,9-11,15-16,27H,7-8H2,1-2H3,(H,23,24)(H,29,30)/t10-,11-,15-,16-/m1/s1. The molecule has 2 aromatic rings. The number of nitrogens with one attached hydrogen (secondary N) is 1. The fourth-order valence-electron chi connectivity index (χ4n) is 4.58. The number of carboxylic acid groups (broad SMARTS) is 1. The van der Waals surface area contributed by atoms with E-state index >= 15 is 0 Å². The van der Waals surface area contributed by atoms with Crippen molar-refractivity contribution in [1.82, 2.24) is 15.2 Å². The van der Waals surface area contributed by atoms with Gasteiger partial charge in [-0.2, -0.15) is 0 Å². The molecule has 1 amide bonds. The minimum Gasteiger partial charge on any atom is -0.477 e. The number of hydrogen-bond donors (Lipinski definition) is 3. The highest BCUT2D eigenvalue weighted by Gasteiger charge is 2.60. The quantitative estimate of drug-likeness (QED) is 0.556. The Morgan fingerprint density at radius 1 is 1.31 bits per heavy atom. The van der Waals surface area contributed by atoms with E-state index in [4.69, 9.17) is 4.98 Å². The smallest absolute Gasteiger partial charge is 0.353 e. The molecule has 32 heavy (non-hydrogen) atoms. The van der Waals surface area contributed by atoms with Crippen molar-refractivity contribution in [3.05, 3.63) is 45.8 Å². The molecule has 1 aromatic heterocycles. The third-order valence-corrected chi connectivity index (χ3v) is 8.34. The number of thioether (sulfide) groups is 1. The number of aliphatic hydroxyl groups excluding tert-OH is 1. The average molecular weight is 471 g/mol. The summed E-state index contributed by atoms with van der Waals surface area (Å²) in [6.45, 7) is 5.13. The number of amides is 1. The number of aliphatic imine (C=N–C) groups is 1. The minimum absolute atomic E-state index is 0.0142. The number of hydrogen-bond acceptors (Lipinski definition) is 8. The molecule has 0 saturated carbocycles. The van der Waals surface area contributed by atoms with Crippen molar-refractivity contribution in [2.75, 3.05) is 13.1 Å². The van der Waals surface area contributed by atoms with E-state index in [-0.39, 0.29) is 23.6 Å². The summed E-state index contributed by atoms with van der Waals surface area (Å²) in [5.74, 6) is -1.30. The van der Waals surface area contributed by atoms with Gasteiger partial charge in [0.1, 0.15) is 11.5 Å². The Bertz CT molecular complexity index is 1150. The number of carbonyl (C=O) groups excluding carboxylic acids is 1. The first-order chi connectivity index (χ1) is 15.4. The second-order valence-electron chi connectivity index (χ2n) is 8.11. The lowest BCUT2D eigenvalue weighted by atomic mass is 9.79. The molecule has 3 aliphatic heterocycles. The Kier molecular flexibility index (Phi) is 5.31. The molecule has 5 rings (SSSR count). The van der Waals surface area contributed by atoms with Gasteiger partial charge in [-0.3, -0.25) is 9.79 Å². The Hall–Kier alpha value is -2.69. The number of benzene rings is 1. The van der Waals surface area contributed by atoms with Crippen LogP contribution in [0.3, 0.4) is 0 Å². The van der Waals surface area contributed by atoms with Gasteiger partial charge >= 0.3 is 5.97 Å². The number of carboxylic acids is 1. The number of rotatable bonds is 6. The maximum atomic E-state index is 12.5. The number of aromatic nitrogens is 1. The van der Waals surface area contributed by atoms with Crippen LogP contribution in [0.2, 0.25) is 0 Å². The summed E-state index contributed by atoms with van der Waals surface area (Å²) >= 11 is 2.74. The van der Waals surface area contributed by atoms with Gasteiger partial charge in [0.2, 0.25) is 5.91 Å². The fraction of sp³-hybridized carbons (Fsp3) is 0.364. The van der Waals surface area contributed by atoms with E-state index in [2.05, 4.69) is 10.3 Å². The van der Waals surface area contributed by atoms with Gasteiger partial charge in [0.05, 0.1) is 30.3 Å². The largest absolute Gasteiger partial charge is 0.477 e. The van der Waals surface area contributed by atoms with Crippen LogP contribution in [-0.2, 0) is 9.59 Å². The van der Waals surface area contributed by atoms with Crippen LogP contribution in [0.25, 0.3) is 11.3 Å². The maximum Gasteiger partial charge on any atom is 0.353 e. The number of carbonyl (C=O) groups is 2. The molecule has 0 aliphatic carbocycles. The number of thiazole rings is 1. The minimum atomic E-state index is -1.13. The van der Waals surface area contributed by atoms with E-state index in [0.29, 0.717) is 4.91 Å². The van der Waals surface area contributed by atoms with Gasteiger partial charge in [-0.15, -0.1) is 11.3 Å². The highest BCUT2D eigenvalue weighted by atomic mass is 32.2. The number of aliphatic carboxylic acids is 1. The van der Waals surface area contributed by atoms with Gasteiger partial charge in [-0.25, -0.2) is 9.78 Å². The topological polar surface area (TPSA) is 115 Å². The summed E-state index contributed by atoms with van der Waals surface area (Å²) in [7, 11) is 0. The maximum absolute atomic E-state index is 12.5. The lowest BCUT2D eigenvalue weighted by molar-refractivity contribution is -0.163. The summed E-state index contributed by atoms with van der Waals surface area (Å²) in [4.78, 5) is 35.5. The first kappa shape index (κ1) is 21.2. The van der Waals surface area contributed by atoms with Crippen molar-refractivity contribution in [3.63, 3.8) is 0 Å². The van der Waals surface area contributed by atoms with Crippen molar-refractivity contribution in [2.45, 2.75) is 30.3 Å². The van der Waals surface area contributed by atoms with Gasteiger partial charge in [0, 0.05) is 33.9 Å². The predicted molar refractivity (Wildman–Crippen MR) is 122 cm³/mol. The van der Waals surface area contributed by atoms with E-state index in [1.165, 1.54) is 28.0 Å². The molecule has 0 unspecified atom stereocenters. The molecule has 4 atom stereocenters. The average Bonchev–Trinajstić information content (AvgIpc) is 3.49. The molecule has 166 valence electrons. The summed E-state index contributed by atoms with van der Waals surface area (Å²) in [5.41, 5.74) is 2.83. The Labute approximate surface area is 193 Å². The van der Waals surface area contributed by atoms with E-state index in [9.17, 15) is 19.8 Å². The van der Waals surface area contributed by atoms with Crippen LogP contribution in [0.15, 0.2) is 49.6 Å². The van der Waals surface area contributed by atoms with Crippen LogP contribution in [0.5, 0.6) is 0 Å². The van der Waals surface area contributed by atoms with Gasteiger partial charge < -0.3 is 20.4 Å². The summed E-state index contributed by atoms with van der Waals surface area (Å²) in [5, 5.41) is 25.0. The van der Waals surface area contributed by atoms with E-state index < -0.39 is 18.0 Å². The van der Waals surface area contributed by atoms with Crippen LogP contribution in [-0.4, -0.2) is 63.0 Å². The number of amidine groups is 1. The highest BCUT2D eigenvalue weighted by Crippen LogP contribution is 2.52. The SMILES string of the molecule is C[C@@H](O)[C@H]1C(=O)N2C(C(=O)O)=C(Sc3nc(-c4ccc(C5=NCCN5)cc4)cs3)[C@H](C)[C@H]12. The fourth-order valence-corrected chi connectivity index (χ4v) is 6.68. The second kappa shape index (κ2) is 8.02. The zero-order chi connectivity index (χ0) is 22.6. The lowest BCUT2D eigenvalue weighted by Gasteiger charge is -2.46. The van der Waals surface area contributed by atoms with Crippen molar-refractivity contribution in [1.29, 1.82) is 0 Å². The van der Waals surface area contributed by atoms with Crippen LogP contribution in [0.1, 0.15) is 19.4 Å². The molecular weight excluding hydrogens is 448 g/mol. The summed E-state index contributed by atoms with van der Waals surface area (Å²) in [6.07, 6.45) is -0.814. The number of aliphatic hydroxyl groups is 1. The summed E-state index contributed by atoms with van der Waals surface area (Å²) in [6, 6.07) is 7.69. The molecule has 3 aliphatic rings. The predicted octanol–water partition coefficient (Wildman–Crippen LogP) is 2.41. The Morgan fingerprint density at radius 2 is 2.03 bits per heavy atom. The second-order valence-corrected chi connectivity index (χ2v) is 10.3. The van der Waals surface area contributed by atoms with Crippen LogP contribution >= 0.6 is 23.1 Å². The zero-order valence-corrected chi connectivity index (χ0v) is 19.1. The van der Waals surface area contributed by atoms with Crippen molar-refractivity contribution < 1.29 is 19.8 Å². The molecule has 1 aromatic carbocycles. The Balaban J connectivity index is 1.38. The molecule has 0 bridgehead atoms. The molecule has 4 heterocycles.